The summed E-state index contributed by atoms with van der Waals surface area (Å²) in [5.74, 6) is 0.230. The van der Waals surface area contributed by atoms with E-state index in [9.17, 15) is 13.2 Å². The molecule has 7 heteroatoms. The van der Waals surface area contributed by atoms with Crippen LogP contribution in [0.1, 0.15) is 68.6 Å². The second-order valence-corrected chi connectivity index (χ2v) is 12.2. The van der Waals surface area contributed by atoms with Crippen LogP contribution in [0.2, 0.25) is 0 Å². The van der Waals surface area contributed by atoms with E-state index in [-0.39, 0.29) is 11.8 Å². The molecule has 4 rings (SSSR count). The summed E-state index contributed by atoms with van der Waals surface area (Å²) in [4.78, 5) is 15.7. The molecule has 2 aromatic rings. The maximum absolute atomic E-state index is 13.1. The van der Waals surface area contributed by atoms with Crippen LogP contribution in [0.15, 0.2) is 53.4 Å². The largest absolute Gasteiger partial charge is 0.352 e. The number of benzene rings is 2. The Morgan fingerprint density at radius 1 is 0.914 bits per heavy atom. The third-order valence-corrected chi connectivity index (χ3v) is 9.34. The molecule has 0 atom stereocenters. The van der Waals surface area contributed by atoms with Gasteiger partial charge in [-0.2, -0.15) is 4.31 Å². The Morgan fingerprint density at radius 3 is 2.17 bits per heavy atom. The van der Waals surface area contributed by atoms with Gasteiger partial charge in [0.1, 0.15) is 0 Å². The first-order valence-corrected chi connectivity index (χ1v) is 14.5. The van der Waals surface area contributed by atoms with Crippen LogP contribution >= 0.6 is 0 Å². The van der Waals surface area contributed by atoms with Crippen LogP contribution in [0.3, 0.4) is 0 Å². The maximum Gasteiger partial charge on any atom is 0.243 e. The molecule has 2 aliphatic heterocycles. The van der Waals surface area contributed by atoms with Crippen molar-refractivity contribution in [3.63, 3.8) is 0 Å². The van der Waals surface area contributed by atoms with Crippen molar-refractivity contribution in [2.24, 2.45) is 5.92 Å². The molecule has 35 heavy (non-hydrogen) atoms. The SMILES string of the molecule is CC(C)c1ccc(S(=O)(=O)N2CCC(C(=O)NCc3ccccc3CN3CCCCC3)CC2)cc1. The summed E-state index contributed by atoms with van der Waals surface area (Å²) in [6.45, 7) is 8.66. The highest BCUT2D eigenvalue weighted by Crippen LogP contribution is 2.25. The molecule has 0 unspecified atom stereocenters. The van der Waals surface area contributed by atoms with Gasteiger partial charge in [-0.1, -0.05) is 56.7 Å². The van der Waals surface area contributed by atoms with Crippen LogP contribution in [-0.4, -0.2) is 49.7 Å². The third kappa shape index (κ3) is 6.51. The minimum absolute atomic E-state index is 0.0242. The molecule has 6 nitrogen and oxygen atoms in total. The lowest BCUT2D eigenvalue weighted by atomic mass is 9.97. The maximum atomic E-state index is 13.1. The lowest BCUT2D eigenvalue weighted by Crippen LogP contribution is -2.42. The van der Waals surface area contributed by atoms with E-state index in [2.05, 4.69) is 42.3 Å². The topological polar surface area (TPSA) is 69.7 Å². The van der Waals surface area contributed by atoms with E-state index in [1.165, 1.54) is 29.1 Å². The van der Waals surface area contributed by atoms with E-state index in [1.807, 2.05) is 18.2 Å². The van der Waals surface area contributed by atoms with Crippen molar-refractivity contribution in [1.82, 2.24) is 14.5 Å². The van der Waals surface area contributed by atoms with Crippen molar-refractivity contribution in [3.8, 4) is 0 Å². The average Bonchev–Trinajstić information content (AvgIpc) is 2.88. The number of piperidine rings is 2. The first kappa shape index (κ1) is 25.9. The highest BCUT2D eigenvalue weighted by Gasteiger charge is 2.32. The van der Waals surface area contributed by atoms with Crippen molar-refractivity contribution in [1.29, 1.82) is 0 Å². The molecule has 0 aromatic heterocycles. The minimum atomic E-state index is -3.53. The molecule has 1 amide bonds. The van der Waals surface area contributed by atoms with Gasteiger partial charge < -0.3 is 5.32 Å². The third-order valence-electron chi connectivity index (χ3n) is 7.42. The molecular weight excluding hydrogens is 458 g/mol. The molecule has 1 N–H and O–H groups in total. The van der Waals surface area contributed by atoms with Crippen LogP contribution in [0.5, 0.6) is 0 Å². The minimum Gasteiger partial charge on any atom is -0.352 e. The summed E-state index contributed by atoms with van der Waals surface area (Å²) in [7, 11) is -3.53. The highest BCUT2D eigenvalue weighted by molar-refractivity contribution is 7.89. The van der Waals surface area contributed by atoms with Gasteiger partial charge in [-0.05, 0) is 73.5 Å². The Balaban J connectivity index is 1.29. The number of nitrogens with zero attached hydrogens (tertiary/aromatic N) is 2. The van der Waals surface area contributed by atoms with E-state index < -0.39 is 10.0 Å². The summed E-state index contributed by atoms with van der Waals surface area (Å²) in [5.41, 5.74) is 3.56. The molecule has 0 spiro atoms. The zero-order valence-electron chi connectivity index (χ0n) is 21.1. The van der Waals surface area contributed by atoms with E-state index in [0.29, 0.717) is 43.3 Å². The first-order valence-electron chi connectivity index (χ1n) is 13.0. The fraction of sp³-hybridized carbons (Fsp3) is 0.536. The normalized spacial score (nSPS) is 18.6. The Labute approximate surface area is 210 Å². The molecule has 190 valence electrons. The standard InChI is InChI=1S/C28H39N3O3S/c1-22(2)23-10-12-27(13-11-23)35(33,34)31-18-14-24(15-19-31)28(32)29-20-25-8-4-5-9-26(25)21-30-16-6-3-7-17-30/h4-5,8-13,22,24H,3,6-7,14-21H2,1-2H3,(H,29,32). The van der Waals surface area contributed by atoms with Crippen LogP contribution in [0, 0.1) is 5.92 Å². The van der Waals surface area contributed by atoms with Crippen LogP contribution in [0.4, 0.5) is 0 Å². The molecule has 0 bridgehead atoms. The Kier molecular flexibility index (Phi) is 8.63. The number of sulfonamides is 1. The molecule has 0 radical (unpaired) electrons. The summed E-state index contributed by atoms with van der Waals surface area (Å²) in [5, 5.41) is 3.12. The number of carbonyl (C=O) groups excluding carboxylic acids is 1. The number of carbonyl (C=O) groups is 1. The van der Waals surface area contributed by atoms with Gasteiger partial charge in [-0.3, -0.25) is 9.69 Å². The first-order chi connectivity index (χ1) is 16.8. The van der Waals surface area contributed by atoms with Gasteiger partial charge in [0.05, 0.1) is 4.90 Å². The van der Waals surface area contributed by atoms with Crippen LogP contribution in [0.25, 0.3) is 0 Å². The Hall–Kier alpha value is -2.22. The molecule has 2 heterocycles. The van der Waals surface area contributed by atoms with Crippen molar-refractivity contribution < 1.29 is 13.2 Å². The van der Waals surface area contributed by atoms with Crippen LogP contribution < -0.4 is 5.32 Å². The highest BCUT2D eigenvalue weighted by atomic mass is 32.2. The second kappa shape index (κ2) is 11.7. The van der Waals surface area contributed by atoms with Gasteiger partial charge in [0.15, 0.2) is 0 Å². The van der Waals surface area contributed by atoms with Crippen molar-refractivity contribution >= 4 is 15.9 Å². The van der Waals surface area contributed by atoms with Crippen molar-refractivity contribution in [2.75, 3.05) is 26.2 Å². The zero-order chi connectivity index (χ0) is 24.8. The van der Waals surface area contributed by atoms with Gasteiger partial charge in [-0.15, -0.1) is 0 Å². The monoisotopic (exact) mass is 497 g/mol. The van der Waals surface area contributed by atoms with Gasteiger partial charge in [-0.25, -0.2) is 8.42 Å². The Morgan fingerprint density at radius 2 is 1.54 bits per heavy atom. The number of likely N-dealkylation sites (tertiary alicyclic amines) is 1. The van der Waals surface area contributed by atoms with Crippen LogP contribution in [-0.2, 0) is 27.9 Å². The van der Waals surface area contributed by atoms with E-state index in [4.69, 9.17) is 0 Å². The molecule has 2 saturated heterocycles. The predicted octanol–water partition coefficient (Wildman–Crippen LogP) is 4.51. The lowest BCUT2D eigenvalue weighted by Gasteiger charge is -2.31. The molecule has 0 saturated carbocycles. The second-order valence-electron chi connectivity index (χ2n) is 10.2. The molecule has 2 aromatic carbocycles. The van der Waals surface area contributed by atoms with Gasteiger partial charge >= 0.3 is 0 Å². The van der Waals surface area contributed by atoms with Gasteiger partial charge in [0.25, 0.3) is 0 Å². The summed E-state index contributed by atoms with van der Waals surface area (Å²) in [6.07, 6.45) is 4.93. The number of amides is 1. The van der Waals surface area contributed by atoms with Gasteiger partial charge in [0.2, 0.25) is 15.9 Å². The Bertz CT molecular complexity index is 1080. The van der Waals surface area contributed by atoms with Crippen molar-refractivity contribution in [2.45, 2.75) is 69.9 Å². The van der Waals surface area contributed by atoms with Gasteiger partial charge in [0, 0.05) is 32.1 Å². The number of hydrogen-bond donors (Lipinski definition) is 1. The number of hydrogen-bond acceptors (Lipinski definition) is 4. The van der Waals surface area contributed by atoms with Crippen molar-refractivity contribution in [3.05, 3.63) is 65.2 Å². The quantitative estimate of drug-likeness (QED) is 0.583. The lowest BCUT2D eigenvalue weighted by molar-refractivity contribution is -0.126. The van der Waals surface area contributed by atoms with E-state index >= 15 is 0 Å². The summed E-state index contributed by atoms with van der Waals surface area (Å²) >= 11 is 0. The average molecular weight is 498 g/mol. The molecule has 2 fully saturated rings. The molecular formula is C28H39N3O3S. The van der Waals surface area contributed by atoms with E-state index in [1.54, 1.807) is 12.1 Å². The molecule has 0 aliphatic carbocycles. The summed E-state index contributed by atoms with van der Waals surface area (Å²) < 4.78 is 27.7. The summed E-state index contributed by atoms with van der Waals surface area (Å²) in [6, 6.07) is 15.5. The number of nitrogens with one attached hydrogen (secondary N) is 1. The fourth-order valence-corrected chi connectivity index (χ4v) is 6.57. The van der Waals surface area contributed by atoms with E-state index in [0.717, 1.165) is 30.8 Å². The predicted molar refractivity (Wildman–Crippen MR) is 139 cm³/mol. The molecule has 2 aliphatic rings. The fourth-order valence-electron chi connectivity index (χ4n) is 5.10. The smallest absolute Gasteiger partial charge is 0.243 e. The number of rotatable bonds is 8. The zero-order valence-corrected chi connectivity index (χ0v) is 21.9.